The molecule has 2 heterocycles. The maximum Gasteiger partial charge on any atom is 0.165 e. The molecule has 4 fully saturated rings. The van der Waals surface area contributed by atoms with E-state index >= 15 is 0 Å². The molecule has 6 rings (SSSR count). The third kappa shape index (κ3) is 1.83. The fourth-order valence-corrected chi connectivity index (χ4v) is 6.60. The first-order valence-electron chi connectivity index (χ1n) is 9.42. The molecule has 132 valence electrons. The largest absolute Gasteiger partial charge is 0.504 e. The summed E-state index contributed by atoms with van der Waals surface area (Å²) in [6, 6.07) is 6.05. The smallest absolute Gasteiger partial charge is 0.165 e. The molecule has 2 unspecified atom stereocenters. The Morgan fingerprint density at radius 3 is 2.79 bits per heavy atom. The van der Waals surface area contributed by atoms with Gasteiger partial charge in [0.25, 0.3) is 0 Å². The van der Waals surface area contributed by atoms with E-state index in [1.807, 2.05) is 6.07 Å². The van der Waals surface area contributed by atoms with Crippen LogP contribution in [0.5, 0.6) is 11.5 Å². The molecule has 1 aromatic carbocycles. The van der Waals surface area contributed by atoms with E-state index in [1.54, 1.807) is 6.07 Å². The fraction of sp³-hybridized carbons (Fsp3) is 0.700. The summed E-state index contributed by atoms with van der Waals surface area (Å²) in [4.78, 5) is 2.69. The summed E-state index contributed by atoms with van der Waals surface area (Å²) in [5, 5.41) is 10.4. The predicted molar refractivity (Wildman–Crippen MR) is 97.2 cm³/mol. The van der Waals surface area contributed by atoms with Gasteiger partial charge < -0.3 is 14.7 Å². The highest BCUT2D eigenvalue weighted by Crippen LogP contribution is 2.69. The molecule has 2 spiro atoms. The molecule has 1 aromatic rings. The summed E-state index contributed by atoms with van der Waals surface area (Å²) < 4.78 is 6.46. The van der Waals surface area contributed by atoms with E-state index in [-0.39, 0.29) is 17.8 Å². The molecule has 0 radical (unpaired) electrons. The van der Waals surface area contributed by atoms with Crippen LogP contribution in [0.3, 0.4) is 0 Å². The monoisotopic (exact) mass is 349 g/mol. The molecule has 3 nitrogen and oxygen atoms in total. The van der Waals surface area contributed by atoms with Crippen LogP contribution in [0.2, 0.25) is 0 Å². The van der Waals surface area contributed by atoms with E-state index in [4.69, 9.17) is 4.74 Å². The Kier molecular flexibility index (Phi) is 3.81. The number of ether oxygens (including phenoxy) is 1. The molecule has 0 amide bonds. The van der Waals surface area contributed by atoms with Crippen molar-refractivity contribution in [3.05, 3.63) is 23.8 Å². The Balaban J connectivity index is 0.00000146. The van der Waals surface area contributed by atoms with Gasteiger partial charge in [-0.2, -0.15) is 0 Å². The summed E-state index contributed by atoms with van der Waals surface area (Å²) in [5.41, 5.74) is 1.84. The van der Waals surface area contributed by atoms with Gasteiger partial charge in [0.05, 0.1) is 0 Å². The van der Waals surface area contributed by atoms with Crippen LogP contribution in [-0.4, -0.2) is 35.7 Å². The van der Waals surface area contributed by atoms with Crippen molar-refractivity contribution in [2.24, 2.45) is 11.3 Å². The third-order valence-electron chi connectivity index (χ3n) is 7.46. The summed E-state index contributed by atoms with van der Waals surface area (Å²) in [7, 11) is 0. The van der Waals surface area contributed by atoms with Gasteiger partial charge >= 0.3 is 0 Å². The summed E-state index contributed by atoms with van der Waals surface area (Å²) in [6.07, 6.45) is 8.03. The Labute approximate surface area is 150 Å². The summed E-state index contributed by atoms with van der Waals surface area (Å²) in [5.74, 6) is 1.83. The van der Waals surface area contributed by atoms with Gasteiger partial charge in [-0.15, -0.1) is 12.4 Å². The van der Waals surface area contributed by atoms with Crippen LogP contribution in [0, 0.1) is 11.3 Å². The first kappa shape index (κ1) is 16.5. The van der Waals surface area contributed by atoms with Gasteiger partial charge in [-0.3, -0.25) is 0 Å². The lowest BCUT2D eigenvalue weighted by molar-refractivity contribution is -0.143. The highest BCUT2D eigenvalue weighted by atomic mass is 35.5. The second-order valence-electron chi connectivity index (χ2n) is 8.31. The van der Waals surface area contributed by atoms with Crippen molar-refractivity contribution in [3.63, 3.8) is 0 Å². The molecule has 5 aliphatic rings. The van der Waals surface area contributed by atoms with E-state index in [2.05, 4.69) is 17.9 Å². The number of hydrogen-bond donors (Lipinski definition) is 1. The van der Waals surface area contributed by atoms with Crippen molar-refractivity contribution < 1.29 is 9.84 Å². The van der Waals surface area contributed by atoms with Gasteiger partial charge in [-0.25, -0.2) is 0 Å². The maximum atomic E-state index is 10.4. The van der Waals surface area contributed by atoms with Crippen LogP contribution >= 0.6 is 12.4 Å². The first-order chi connectivity index (χ1) is 11.2. The number of para-hydroxylation sites is 1. The number of fused-ring (bicyclic) bond motifs is 3. The number of aromatic hydroxyl groups is 1. The van der Waals surface area contributed by atoms with E-state index in [9.17, 15) is 5.11 Å². The average Bonchev–Trinajstić information content (AvgIpc) is 2.93. The van der Waals surface area contributed by atoms with Crippen LogP contribution in [0.4, 0.5) is 0 Å². The molecule has 4 heteroatoms. The average molecular weight is 350 g/mol. The van der Waals surface area contributed by atoms with E-state index in [0.717, 1.165) is 5.75 Å². The van der Waals surface area contributed by atoms with Gasteiger partial charge in [0.1, 0.15) is 6.10 Å². The van der Waals surface area contributed by atoms with Gasteiger partial charge in [-0.1, -0.05) is 19.1 Å². The molecule has 3 aliphatic carbocycles. The number of piperidine rings is 1. The number of hydrogen-bond acceptors (Lipinski definition) is 3. The molecule has 24 heavy (non-hydrogen) atoms. The van der Waals surface area contributed by atoms with Gasteiger partial charge in [0, 0.05) is 17.5 Å². The van der Waals surface area contributed by atoms with Crippen LogP contribution in [0.1, 0.15) is 51.0 Å². The zero-order chi connectivity index (χ0) is 15.7. The van der Waals surface area contributed by atoms with Gasteiger partial charge in [0.2, 0.25) is 0 Å². The standard InChI is InChI=1S/C20H27NO2.ClH/c1-2-11-21-12-10-20-15-4-3-5-16(22)17(15)23-18(20)14-6-8-19(20,13-21)9-7-14;/h3-5,14,18,22H,2,6-13H2,1H3;1H. The predicted octanol–water partition coefficient (Wildman–Crippen LogP) is 4.12. The van der Waals surface area contributed by atoms with Crippen LogP contribution in [0.25, 0.3) is 0 Å². The minimum Gasteiger partial charge on any atom is -0.504 e. The second-order valence-corrected chi connectivity index (χ2v) is 8.31. The lowest BCUT2D eigenvalue weighted by Gasteiger charge is -2.64. The first-order valence-corrected chi connectivity index (χ1v) is 9.42. The third-order valence-corrected chi connectivity index (χ3v) is 7.46. The molecule has 2 atom stereocenters. The van der Waals surface area contributed by atoms with Crippen molar-refractivity contribution in [1.82, 2.24) is 4.90 Å². The molecule has 2 aliphatic heterocycles. The quantitative estimate of drug-likeness (QED) is 0.871. The molecule has 1 N–H and O–H groups in total. The summed E-state index contributed by atoms with van der Waals surface area (Å²) >= 11 is 0. The zero-order valence-electron chi connectivity index (χ0n) is 14.5. The van der Waals surface area contributed by atoms with Crippen molar-refractivity contribution in [2.45, 2.75) is 57.0 Å². The topological polar surface area (TPSA) is 32.7 Å². The van der Waals surface area contributed by atoms with E-state index in [1.165, 1.54) is 63.7 Å². The van der Waals surface area contributed by atoms with Crippen LogP contribution < -0.4 is 4.74 Å². The Hall–Kier alpha value is -0.930. The second kappa shape index (κ2) is 5.54. The number of phenols is 1. The van der Waals surface area contributed by atoms with Crippen molar-refractivity contribution in [1.29, 1.82) is 0 Å². The number of benzene rings is 1. The van der Waals surface area contributed by atoms with Crippen molar-refractivity contribution >= 4 is 12.4 Å². The van der Waals surface area contributed by atoms with Crippen LogP contribution in [-0.2, 0) is 5.41 Å². The Bertz CT molecular complexity index is 641. The minimum atomic E-state index is 0. The van der Waals surface area contributed by atoms with Gasteiger partial charge in [0.15, 0.2) is 11.5 Å². The molecule has 0 aromatic heterocycles. The minimum absolute atomic E-state index is 0. The number of rotatable bonds is 2. The van der Waals surface area contributed by atoms with Crippen LogP contribution in [0.15, 0.2) is 18.2 Å². The normalized spacial score (nSPS) is 39.4. The zero-order valence-corrected chi connectivity index (χ0v) is 15.3. The SMILES string of the molecule is CCCN1CCC23c4cccc(O)c4OC2C2CCC3(CC2)C1.Cl. The highest BCUT2D eigenvalue weighted by Gasteiger charge is 2.69. The number of phenolic OH excluding ortho intramolecular Hbond substituents is 1. The van der Waals surface area contributed by atoms with Crippen molar-refractivity contribution in [3.8, 4) is 11.5 Å². The summed E-state index contributed by atoms with van der Waals surface area (Å²) in [6.45, 7) is 5.91. The lowest BCUT2D eigenvalue weighted by Crippen LogP contribution is -2.68. The van der Waals surface area contributed by atoms with Gasteiger partial charge in [-0.05, 0) is 69.0 Å². The molecule has 1 saturated heterocycles. The highest BCUT2D eigenvalue weighted by molar-refractivity contribution is 5.85. The molecule has 2 bridgehead atoms. The number of nitrogens with zero attached hydrogens (tertiary/aromatic N) is 1. The number of halogens is 1. The lowest BCUT2D eigenvalue weighted by atomic mass is 9.42. The van der Waals surface area contributed by atoms with E-state index < -0.39 is 0 Å². The Morgan fingerprint density at radius 1 is 1.25 bits per heavy atom. The molecular formula is C20H28ClNO2. The van der Waals surface area contributed by atoms with E-state index in [0.29, 0.717) is 23.2 Å². The van der Waals surface area contributed by atoms with Crippen molar-refractivity contribution in [2.75, 3.05) is 19.6 Å². The molecular weight excluding hydrogens is 322 g/mol. The Morgan fingerprint density at radius 2 is 2.04 bits per heavy atom. The molecule has 3 saturated carbocycles. The fourth-order valence-electron chi connectivity index (χ4n) is 6.60. The number of likely N-dealkylation sites (tertiary alicyclic amines) is 1. The maximum absolute atomic E-state index is 10.4.